The molecule has 1 fully saturated rings. The van der Waals surface area contributed by atoms with Gasteiger partial charge in [-0.1, -0.05) is 0 Å². The third-order valence-corrected chi connectivity index (χ3v) is 3.19. The Balaban J connectivity index is 2.24. The summed E-state index contributed by atoms with van der Waals surface area (Å²) in [6, 6.07) is 1.37. The molecule has 17 heavy (non-hydrogen) atoms. The zero-order chi connectivity index (χ0) is 12.6. The smallest absolute Gasteiger partial charge is 0.251 e. The second-order valence-corrected chi connectivity index (χ2v) is 4.86. The van der Waals surface area contributed by atoms with Crippen molar-refractivity contribution in [2.75, 3.05) is 23.7 Å². The number of anilines is 2. The van der Waals surface area contributed by atoms with Gasteiger partial charge in [0.25, 0.3) is 5.92 Å². The summed E-state index contributed by atoms with van der Waals surface area (Å²) in [6.45, 7) is 0.361. The highest BCUT2D eigenvalue weighted by molar-refractivity contribution is 9.10. The number of hydrogen-bond donors (Lipinski definition) is 2. The number of nitrogen functional groups attached to an aromatic ring is 1. The van der Waals surface area contributed by atoms with Gasteiger partial charge in [-0.05, 0) is 15.9 Å². The first kappa shape index (κ1) is 12.3. The number of halogens is 3. The monoisotopic (exact) mass is 307 g/mol. The Morgan fingerprint density at radius 3 is 2.59 bits per heavy atom. The molecule has 0 spiro atoms. The van der Waals surface area contributed by atoms with E-state index in [9.17, 15) is 13.9 Å². The predicted octanol–water partition coefficient (Wildman–Crippen LogP) is 2.37. The maximum atomic E-state index is 13.0. The molecule has 0 atom stereocenters. The maximum absolute atomic E-state index is 13.0. The molecule has 2 heterocycles. The van der Waals surface area contributed by atoms with Crippen molar-refractivity contribution in [2.45, 2.75) is 18.8 Å². The molecule has 2 rings (SSSR count). The van der Waals surface area contributed by atoms with Crippen molar-refractivity contribution in [2.24, 2.45) is 0 Å². The van der Waals surface area contributed by atoms with Crippen LogP contribution < -0.4 is 10.6 Å². The second kappa shape index (κ2) is 4.29. The van der Waals surface area contributed by atoms with E-state index in [1.165, 1.54) is 6.07 Å². The van der Waals surface area contributed by atoms with Gasteiger partial charge in [-0.15, -0.1) is 0 Å². The molecule has 1 aliphatic heterocycles. The standard InChI is InChI=1S/C10H12BrF2N3O/c11-7-5-6(17)8(14)9(15-7)16-3-1-10(12,13)2-4-16/h5H,1-4,14H2,(H,15,17). The lowest BCUT2D eigenvalue weighted by molar-refractivity contribution is -0.0221. The first-order valence-corrected chi connectivity index (χ1v) is 5.96. The summed E-state index contributed by atoms with van der Waals surface area (Å²) in [5, 5.41) is 9.54. The van der Waals surface area contributed by atoms with E-state index in [-0.39, 0.29) is 37.4 Å². The Bertz CT molecular complexity index is 432. The molecule has 0 aliphatic carbocycles. The van der Waals surface area contributed by atoms with Gasteiger partial charge in [0.05, 0.1) is 0 Å². The van der Waals surface area contributed by atoms with E-state index in [1.54, 1.807) is 4.90 Å². The molecule has 0 radical (unpaired) electrons. The van der Waals surface area contributed by atoms with Crippen molar-refractivity contribution >= 4 is 27.4 Å². The van der Waals surface area contributed by atoms with Gasteiger partial charge in [0.2, 0.25) is 0 Å². The van der Waals surface area contributed by atoms with Gasteiger partial charge >= 0.3 is 0 Å². The van der Waals surface area contributed by atoms with Crippen LogP contribution in [0.4, 0.5) is 20.3 Å². The average Bonchev–Trinajstić information content (AvgIpc) is 2.24. The molecular weight excluding hydrogens is 296 g/mol. The van der Waals surface area contributed by atoms with Crippen molar-refractivity contribution < 1.29 is 13.9 Å². The lowest BCUT2D eigenvalue weighted by atomic mass is 10.1. The van der Waals surface area contributed by atoms with Crippen LogP contribution in [0.2, 0.25) is 0 Å². The minimum Gasteiger partial charge on any atom is -0.506 e. The molecule has 3 N–H and O–H groups in total. The van der Waals surface area contributed by atoms with Gasteiger partial charge in [-0.3, -0.25) is 0 Å². The van der Waals surface area contributed by atoms with Gasteiger partial charge in [0, 0.05) is 32.0 Å². The Morgan fingerprint density at radius 1 is 1.41 bits per heavy atom. The highest BCUT2D eigenvalue weighted by atomic mass is 79.9. The van der Waals surface area contributed by atoms with E-state index in [0.717, 1.165) is 0 Å². The van der Waals surface area contributed by atoms with E-state index < -0.39 is 5.92 Å². The fourth-order valence-corrected chi connectivity index (χ4v) is 2.17. The summed E-state index contributed by atoms with van der Waals surface area (Å²) in [4.78, 5) is 5.78. The van der Waals surface area contributed by atoms with Crippen LogP contribution in [0.5, 0.6) is 5.75 Å². The first-order chi connectivity index (χ1) is 7.89. The summed E-state index contributed by atoms with van der Waals surface area (Å²) in [5.74, 6) is -2.36. The lowest BCUT2D eigenvalue weighted by Crippen LogP contribution is -2.40. The molecule has 0 unspecified atom stereocenters. The zero-order valence-corrected chi connectivity index (χ0v) is 10.5. The molecule has 0 saturated carbocycles. The van der Waals surface area contributed by atoms with Crippen LogP contribution in [0.3, 0.4) is 0 Å². The number of pyridine rings is 1. The summed E-state index contributed by atoms with van der Waals surface area (Å²) in [5.41, 5.74) is 5.81. The second-order valence-electron chi connectivity index (χ2n) is 4.04. The van der Waals surface area contributed by atoms with Crippen LogP contribution in [-0.4, -0.2) is 29.1 Å². The third kappa shape index (κ3) is 2.59. The van der Waals surface area contributed by atoms with Crippen LogP contribution in [0.1, 0.15) is 12.8 Å². The van der Waals surface area contributed by atoms with Crippen LogP contribution in [0, 0.1) is 0 Å². The van der Waals surface area contributed by atoms with Gasteiger partial charge in [-0.25, -0.2) is 13.8 Å². The van der Waals surface area contributed by atoms with Gasteiger partial charge in [0.15, 0.2) is 5.82 Å². The number of nitrogens with two attached hydrogens (primary N) is 1. The molecule has 94 valence electrons. The molecule has 4 nitrogen and oxygen atoms in total. The predicted molar refractivity (Wildman–Crippen MR) is 64.4 cm³/mol. The molecule has 7 heteroatoms. The molecule has 1 aromatic rings. The van der Waals surface area contributed by atoms with E-state index in [1.807, 2.05) is 0 Å². The Kier molecular flexibility index (Phi) is 3.11. The SMILES string of the molecule is Nc1c(O)cc(Br)nc1N1CCC(F)(F)CC1. The topological polar surface area (TPSA) is 62.4 Å². The quantitative estimate of drug-likeness (QED) is 0.782. The third-order valence-electron chi connectivity index (χ3n) is 2.78. The van der Waals surface area contributed by atoms with E-state index in [0.29, 0.717) is 10.4 Å². The number of nitrogens with zero attached hydrogens (tertiary/aromatic N) is 2. The number of piperidine rings is 1. The van der Waals surface area contributed by atoms with Crippen LogP contribution in [0.25, 0.3) is 0 Å². The fourth-order valence-electron chi connectivity index (χ4n) is 1.79. The minimum absolute atomic E-state index is 0.0980. The number of aromatic hydroxyl groups is 1. The summed E-state index contributed by atoms with van der Waals surface area (Å²) >= 11 is 3.13. The maximum Gasteiger partial charge on any atom is 0.251 e. The highest BCUT2D eigenvalue weighted by Gasteiger charge is 2.35. The Labute approximate surface area is 106 Å². The molecule has 0 aromatic carbocycles. The Morgan fingerprint density at radius 2 is 2.00 bits per heavy atom. The van der Waals surface area contributed by atoms with Crippen molar-refractivity contribution in [3.05, 3.63) is 10.7 Å². The highest BCUT2D eigenvalue weighted by Crippen LogP contribution is 2.36. The molecule has 0 bridgehead atoms. The van der Waals surface area contributed by atoms with Crippen LogP contribution in [-0.2, 0) is 0 Å². The van der Waals surface area contributed by atoms with Crippen molar-refractivity contribution in [3.63, 3.8) is 0 Å². The lowest BCUT2D eigenvalue weighted by Gasteiger charge is -2.33. The largest absolute Gasteiger partial charge is 0.506 e. The Hall–Kier alpha value is -1.11. The van der Waals surface area contributed by atoms with Gasteiger partial charge in [0.1, 0.15) is 16.0 Å². The summed E-state index contributed by atoms with van der Waals surface area (Å²) < 4.78 is 26.5. The number of alkyl halides is 2. The summed E-state index contributed by atoms with van der Waals surface area (Å²) in [7, 11) is 0. The van der Waals surface area contributed by atoms with Crippen LogP contribution in [0.15, 0.2) is 10.7 Å². The molecule has 1 saturated heterocycles. The average molecular weight is 308 g/mol. The van der Waals surface area contributed by atoms with E-state index in [2.05, 4.69) is 20.9 Å². The van der Waals surface area contributed by atoms with Crippen molar-refractivity contribution in [3.8, 4) is 5.75 Å². The van der Waals surface area contributed by atoms with E-state index in [4.69, 9.17) is 5.73 Å². The molecule has 1 aliphatic rings. The normalized spacial score (nSPS) is 19.4. The summed E-state index contributed by atoms with van der Waals surface area (Å²) in [6.07, 6.45) is -0.442. The first-order valence-electron chi connectivity index (χ1n) is 5.17. The number of hydrogen-bond acceptors (Lipinski definition) is 4. The number of rotatable bonds is 1. The van der Waals surface area contributed by atoms with Gasteiger partial charge in [-0.2, -0.15) is 0 Å². The minimum atomic E-state index is -2.61. The van der Waals surface area contributed by atoms with Crippen molar-refractivity contribution in [1.29, 1.82) is 0 Å². The zero-order valence-electron chi connectivity index (χ0n) is 8.96. The molecular formula is C10H12BrF2N3O. The fraction of sp³-hybridized carbons (Fsp3) is 0.500. The number of aromatic nitrogens is 1. The van der Waals surface area contributed by atoms with Gasteiger partial charge < -0.3 is 15.7 Å². The molecule has 1 aromatic heterocycles. The van der Waals surface area contributed by atoms with Crippen molar-refractivity contribution in [1.82, 2.24) is 4.98 Å². The molecule has 0 amide bonds. The van der Waals surface area contributed by atoms with E-state index >= 15 is 0 Å². The van der Waals surface area contributed by atoms with Crippen LogP contribution >= 0.6 is 15.9 Å².